The van der Waals surface area contributed by atoms with Gasteiger partial charge in [-0.3, -0.25) is 0 Å². The first kappa shape index (κ1) is 16.7. The third kappa shape index (κ3) is 3.67. The predicted molar refractivity (Wildman–Crippen MR) is 91.5 cm³/mol. The monoisotopic (exact) mass is 332 g/mol. The van der Waals surface area contributed by atoms with E-state index in [1.807, 2.05) is 36.1 Å². The van der Waals surface area contributed by atoms with Crippen LogP contribution in [0.4, 0.5) is 14.5 Å². The molecule has 1 aliphatic heterocycles. The van der Waals surface area contributed by atoms with E-state index in [0.717, 1.165) is 29.9 Å². The van der Waals surface area contributed by atoms with Gasteiger partial charge in [-0.1, -0.05) is 12.1 Å². The summed E-state index contributed by atoms with van der Waals surface area (Å²) < 4.78 is 33.0. The molecule has 3 rings (SSSR count). The molecule has 2 unspecified atom stereocenters. The molecule has 128 valence electrons. The maximum atomic E-state index is 14.1. The average Bonchev–Trinajstić information content (AvgIpc) is 2.57. The number of nitrogens with two attached hydrogens (primary N) is 1. The van der Waals surface area contributed by atoms with Crippen LogP contribution in [0.25, 0.3) is 0 Å². The third-order valence-corrected chi connectivity index (χ3v) is 4.39. The van der Waals surface area contributed by atoms with Crippen LogP contribution in [0, 0.1) is 11.6 Å². The van der Waals surface area contributed by atoms with Gasteiger partial charge < -0.3 is 15.4 Å². The number of ether oxygens (including phenoxy) is 1. The van der Waals surface area contributed by atoms with E-state index in [1.165, 1.54) is 6.07 Å². The highest BCUT2D eigenvalue weighted by Gasteiger charge is 2.28. The Hall–Kier alpha value is -2.14. The second kappa shape index (κ2) is 7.18. The fraction of sp³-hybridized carbons (Fsp3) is 0.368. The number of piperidine rings is 1. The Labute approximate surface area is 141 Å². The molecule has 1 saturated heterocycles. The van der Waals surface area contributed by atoms with Crippen LogP contribution in [-0.4, -0.2) is 25.7 Å². The summed E-state index contributed by atoms with van der Waals surface area (Å²) in [5.41, 5.74) is 7.59. The van der Waals surface area contributed by atoms with Crippen molar-refractivity contribution in [1.82, 2.24) is 0 Å². The van der Waals surface area contributed by atoms with E-state index < -0.39 is 11.6 Å². The van der Waals surface area contributed by atoms with Crippen LogP contribution in [0.1, 0.15) is 24.8 Å². The molecule has 2 aromatic carbocycles. The molecule has 2 aromatic rings. The van der Waals surface area contributed by atoms with Gasteiger partial charge in [0.1, 0.15) is 17.4 Å². The highest BCUT2D eigenvalue weighted by atomic mass is 19.1. The second-order valence-corrected chi connectivity index (χ2v) is 6.20. The van der Waals surface area contributed by atoms with Crippen LogP contribution in [-0.2, 0) is 0 Å². The summed E-state index contributed by atoms with van der Waals surface area (Å²) in [5.74, 6) is 0.139. The SMILES string of the molecule is CCOc1ccc(C2CC(N)CN(c3cc(F)ccc3F)C2)cc1. The van der Waals surface area contributed by atoms with Crippen LogP contribution in [0.3, 0.4) is 0 Å². The van der Waals surface area contributed by atoms with E-state index in [4.69, 9.17) is 10.5 Å². The standard InChI is InChI=1S/C19H22F2N2O/c1-2-24-17-6-3-13(4-7-17)14-9-16(22)12-23(11-14)19-10-15(20)5-8-18(19)21/h3-8,10,14,16H,2,9,11-12,22H2,1H3. The Kier molecular flexibility index (Phi) is 5.00. The fourth-order valence-electron chi connectivity index (χ4n) is 3.31. The lowest BCUT2D eigenvalue weighted by atomic mass is 9.88. The number of halogens is 2. The number of benzene rings is 2. The van der Waals surface area contributed by atoms with Crippen LogP contribution < -0.4 is 15.4 Å². The van der Waals surface area contributed by atoms with E-state index in [-0.39, 0.29) is 17.6 Å². The predicted octanol–water partition coefficient (Wildman–Crippen LogP) is 3.68. The smallest absolute Gasteiger partial charge is 0.146 e. The lowest BCUT2D eigenvalue weighted by Crippen LogP contribution is -2.46. The van der Waals surface area contributed by atoms with E-state index in [2.05, 4.69) is 0 Å². The number of anilines is 1. The van der Waals surface area contributed by atoms with Gasteiger partial charge in [0.15, 0.2) is 0 Å². The van der Waals surface area contributed by atoms with Crippen molar-refractivity contribution in [2.24, 2.45) is 5.73 Å². The highest BCUT2D eigenvalue weighted by molar-refractivity contribution is 5.49. The summed E-state index contributed by atoms with van der Waals surface area (Å²) in [6, 6.07) is 11.4. The summed E-state index contributed by atoms with van der Waals surface area (Å²) in [5, 5.41) is 0. The summed E-state index contributed by atoms with van der Waals surface area (Å²) in [6.07, 6.45) is 0.821. The molecule has 1 aliphatic rings. The molecular weight excluding hydrogens is 310 g/mol. The molecular formula is C19H22F2N2O. The zero-order chi connectivity index (χ0) is 17.1. The van der Waals surface area contributed by atoms with Crippen LogP contribution in [0.2, 0.25) is 0 Å². The van der Waals surface area contributed by atoms with Gasteiger partial charge in [0.05, 0.1) is 12.3 Å². The molecule has 5 heteroatoms. The van der Waals surface area contributed by atoms with Crippen molar-refractivity contribution in [1.29, 1.82) is 0 Å². The third-order valence-electron chi connectivity index (χ3n) is 4.39. The number of hydrogen-bond acceptors (Lipinski definition) is 3. The zero-order valence-corrected chi connectivity index (χ0v) is 13.7. The first-order valence-electron chi connectivity index (χ1n) is 8.25. The van der Waals surface area contributed by atoms with E-state index in [0.29, 0.717) is 19.7 Å². The maximum Gasteiger partial charge on any atom is 0.146 e. The quantitative estimate of drug-likeness (QED) is 0.928. The van der Waals surface area contributed by atoms with E-state index in [9.17, 15) is 8.78 Å². The van der Waals surface area contributed by atoms with Gasteiger partial charge in [0.25, 0.3) is 0 Å². The lowest BCUT2D eigenvalue weighted by Gasteiger charge is -2.38. The number of hydrogen-bond donors (Lipinski definition) is 1. The molecule has 0 aliphatic carbocycles. The zero-order valence-electron chi connectivity index (χ0n) is 13.7. The summed E-state index contributed by atoms with van der Waals surface area (Å²) in [6.45, 7) is 3.70. The van der Waals surface area contributed by atoms with Crippen LogP contribution in [0.15, 0.2) is 42.5 Å². The summed E-state index contributed by atoms with van der Waals surface area (Å²) in [7, 11) is 0. The van der Waals surface area contributed by atoms with Crippen molar-refractivity contribution in [2.45, 2.75) is 25.3 Å². The van der Waals surface area contributed by atoms with Gasteiger partial charge in [-0.2, -0.15) is 0 Å². The van der Waals surface area contributed by atoms with E-state index >= 15 is 0 Å². The summed E-state index contributed by atoms with van der Waals surface area (Å²) in [4.78, 5) is 1.84. The van der Waals surface area contributed by atoms with Crippen molar-refractivity contribution in [3.05, 3.63) is 59.7 Å². The Morgan fingerprint density at radius 3 is 2.58 bits per heavy atom. The molecule has 1 fully saturated rings. The molecule has 0 radical (unpaired) electrons. The minimum atomic E-state index is -0.442. The molecule has 0 spiro atoms. The number of rotatable bonds is 4. The van der Waals surface area contributed by atoms with Crippen molar-refractivity contribution in [3.63, 3.8) is 0 Å². The topological polar surface area (TPSA) is 38.5 Å². The largest absolute Gasteiger partial charge is 0.494 e. The van der Waals surface area contributed by atoms with Crippen molar-refractivity contribution in [3.8, 4) is 5.75 Å². The maximum absolute atomic E-state index is 14.1. The van der Waals surface area contributed by atoms with Crippen molar-refractivity contribution in [2.75, 3.05) is 24.6 Å². The van der Waals surface area contributed by atoms with Gasteiger partial charge >= 0.3 is 0 Å². The first-order valence-corrected chi connectivity index (χ1v) is 8.25. The van der Waals surface area contributed by atoms with Crippen LogP contribution in [0.5, 0.6) is 5.75 Å². The summed E-state index contributed by atoms with van der Waals surface area (Å²) >= 11 is 0. The van der Waals surface area contributed by atoms with E-state index in [1.54, 1.807) is 0 Å². The molecule has 3 nitrogen and oxygen atoms in total. The first-order chi connectivity index (χ1) is 11.6. The molecule has 2 N–H and O–H groups in total. The van der Waals surface area contributed by atoms with Gasteiger partial charge in [-0.25, -0.2) is 8.78 Å². The van der Waals surface area contributed by atoms with Gasteiger partial charge in [0, 0.05) is 31.1 Å². The molecule has 0 saturated carbocycles. The minimum Gasteiger partial charge on any atom is -0.494 e. The van der Waals surface area contributed by atoms with Crippen molar-refractivity contribution < 1.29 is 13.5 Å². The lowest BCUT2D eigenvalue weighted by molar-refractivity contribution is 0.340. The van der Waals surface area contributed by atoms with Crippen molar-refractivity contribution >= 4 is 5.69 Å². The van der Waals surface area contributed by atoms with Gasteiger partial charge in [-0.05, 0) is 43.2 Å². The molecule has 0 bridgehead atoms. The molecule has 2 atom stereocenters. The Morgan fingerprint density at radius 1 is 1.12 bits per heavy atom. The number of nitrogens with zero attached hydrogens (tertiary/aromatic N) is 1. The average molecular weight is 332 g/mol. The Bertz CT molecular complexity index is 690. The molecule has 0 amide bonds. The van der Waals surface area contributed by atoms with Gasteiger partial charge in [-0.15, -0.1) is 0 Å². The Morgan fingerprint density at radius 2 is 1.88 bits per heavy atom. The van der Waals surface area contributed by atoms with Crippen LogP contribution >= 0.6 is 0 Å². The van der Waals surface area contributed by atoms with Gasteiger partial charge in [0.2, 0.25) is 0 Å². The Balaban J connectivity index is 1.81. The second-order valence-electron chi connectivity index (χ2n) is 6.20. The molecule has 0 aromatic heterocycles. The molecule has 1 heterocycles. The fourth-order valence-corrected chi connectivity index (χ4v) is 3.31. The highest BCUT2D eigenvalue weighted by Crippen LogP contribution is 2.32. The molecule has 24 heavy (non-hydrogen) atoms. The minimum absolute atomic E-state index is 0.0852. The normalized spacial score (nSPS) is 20.9.